The standard InChI is InChI=1S/C13H24N2O2/c1-4-10-5-7-11(8-6-10)15-13(17)12(16)14-9(2)3/h9-11H,4-8H2,1-3H3,(H,14,16)(H,15,17). The largest absolute Gasteiger partial charge is 0.346 e. The van der Waals surface area contributed by atoms with Crippen LogP contribution in [0.1, 0.15) is 52.9 Å². The summed E-state index contributed by atoms with van der Waals surface area (Å²) in [6, 6.07) is 0.187. The molecule has 0 spiro atoms. The zero-order valence-corrected chi connectivity index (χ0v) is 11.1. The van der Waals surface area contributed by atoms with Crippen LogP contribution in [-0.4, -0.2) is 23.9 Å². The lowest BCUT2D eigenvalue weighted by atomic mass is 9.84. The highest BCUT2D eigenvalue weighted by molar-refractivity contribution is 6.35. The summed E-state index contributed by atoms with van der Waals surface area (Å²) in [6.07, 6.45) is 5.54. The van der Waals surface area contributed by atoms with E-state index >= 15 is 0 Å². The number of carbonyl (C=O) groups is 2. The van der Waals surface area contributed by atoms with E-state index in [2.05, 4.69) is 17.6 Å². The Labute approximate surface area is 104 Å². The molecule has 1 aliphatic carbocycles. The minimum Gasteiger partial charge on any atom is -0.346 e. The topological polar surface area (TPSA) is 58.2 Å². The molecule has 0 heterocycles. The van der Waals surface area contributed by atoms with Crippen molar-refractivity contribution in [2.45, 2.75) is 65.0 Å². The molecular formula is C13H24N2O2. The Bertz CT molecular complexity index is 269. The molecule has 17 heavy (non-hydrogen) atoms. The first kappa shape index (κ1) is 14.0. The number of amides is 2. The predicted molar refractivity (Wildman–Crippen MR) is 67.5 cm³/mol. The molecule has 0 saturated heterocycles. The van der Waals surface area contributed by atoms with Crippen molar-refractivity contribution in [2.75, 3.05) is 0 Å². The van der Waals surface area contributed by atoms with Crippen molar-refractivity contribution in [1.82, 2.24) is 10.6 Å². The molecule has 0 aromatic carbocycles. The van der Waals surface area contributed by atoms with E-state index in [1.54, 1.807) is 0 Å². The molecular weight excluding hydrogens is 216 g/mol. The maximum Gasteiger partial charge on any atom is 0.309 e. The summed E-state index contributed by atoms with van der Waals surface area (Å²) in [7, 11) is 0. The zero-order chi connectivity index (χ0) is 12.8. The lowest BCUT2D eigenvalue weighted by Gasteiger charge is -2.28. The van der Waals surface area contributed by atoms with Gasteiger partial charge in [0.1, 0.15) is 0 Å². The van der Waals surface area contributed by atoms with Crippen molar-refractivity contribution < 1.29 is 9.59 Å². The van der Waals surface area contributed by atoms with E-state index in [9.17, 15) is 9.59 Å². The predicted octanol–water partition coefficient (Wildman–Crippen LogP) is 1.60. The van der Waals surface area contributed by atoms with Crippen molar-refractivity contribution in [1.29, 1.82) is 0 Å². The van der Waals surface area contributed by atoms with Crippen molar-refractivity contribution in [3.63, 3.8) is 0 Å². The molecule has 2 amide bonds. The second-order valence-electron chi connectivity index (χ2n) is 5.23. The van der Waals surface area contributed by atoms with Crippen molar-refractivity contribution >= 4 is 11.8 Å². The summed E-state index contributed by atoms with van der Waals surface area (Å²) in [4.78, 5) is 23.0. The first-order valence-electron chi connectivity index (χ1n) is 6.64. The summed E-state index contributed by atoms with van der Waals surface area (Å²) < 4.78 is 0. The fraction of sp³-hybridized carbons (Fsp3) is 0.846. The van der Waals surface area contributed by atoms with Gasteiger partial charge in [-0.05, 0) is 45.4 Å². The van der Waals surface area contributed by atoms with Crippen LogP contribution in [-0.2, 0) is 9.59 Å². The minimum atomic E-state index is -0.516. The third-order valence-corrected chi connectivity index (χ3v) is 3.39. The van der Waals surface area contributed by atoms with Gasteiger partial charge in [0.05, 0.1) is 0 Å². The van der Waals surface area contributed by atoms with E-state index < -0.39 is 11.8 Å². The highest BCUT2D eigenvalue weighted by Crippen LogP contribution is 2.26. The zero-order valence-electron chi connectivity index (χ0n) is 11.1. The summed E-state index contributed by atoms with van der Waals surface area (Å²) in [5.74, 6) is -0.205. The Hall–Kier alpha value is -1.06. The van der Waals surface area contributed by atoms with Gasteiger partial charge < -0.3 is 10.6 Å². The van der Waals surface area contributed by atoms with Gasteiger partial charge in [0.25, 0.3) is 0 Å². The molecule has 0 unspecified atom stereocenters. The molecule has 0 aliphatic heterocycles. The Morgan fingerprint density at radius 1 is 1.12 bits per heavy atom. The summed E-state index contributed by atoms with van der Waals surface area (Å²) in [5, 5.41) is 5.42. The Morgan fingerprint density at radius 3 is 2.18 bits per heavy atom. The quantitative estimate of drug-likeness (QED) is 0.736. The second kappa shape index (κ2) is 6.62. The molecule has 2 N–H and O–H groups in total. The maximum absolute atomic E-state index is 11.6. The molecule has 4 heteroatoms. The molecule has 1 fully saturated rings. The summed E-state index contributed by atoms with van der Waals surface area (Å²) in [5.41, 5.74) is 0. The van der Waals surface area contributed by atoms with Crippen molar-refractivity contribution in [3.8, 4) is 0 Å². The van der Waals surface area contributed by atoms with Gasteiger partial charge in [-0.1, -0.05) is 13.3 Å². The fourth-order valence-corrected chi connectivity index (χ4v) is 2.29. The van der Waals surface area contributed by atoms with Gasteiger partial charge in [-0.25, -0.2) is 0 Å². The molecule has 0 atom stereocenters. The highest BCUT2D eigenvalue weighted by atomic mass is 16.2. The SMILES string of the molecule is CCC1CCC(NC(=O)C(=O)NC(C)C)CC1. The van der Waals surface area contributed by atoms with E-state index in [4.69, 9.17) is 0 Å². The molecule has 1 aliphatic rings. The van der Waals surface area contributed by atoms with Gasteiger partial charge in [0.2, 0.25) is 0 Å². The first-order chi connectivity index (χ1) is 8.02. The molecule has 0 aromatic heterocycles. The normalized spacial score (nSPS) is 24.5. The van der Waals surface area contributed by atoms with Crippen LogP contribution in [0, 0.1) is 5.92 Å². The molecule has 1 rings (SSSR count). The number of hydrogen-bond acceptors (Lipinski definition) is 2. The maximum atomic E-state index is 11.6. The van der Waals surface area contributed by atoms with Crippen LogP contribution in [0.15, 0.2) is 0 Å². The third kappa shape index (κ3) is 4.75. The number of nitrogens with one attached hydrogen (secondary N) is 2. The molecule has 0 bridgehead atoms. The van der Waals surface area contributed by atoms with Crippen LogP contribution in [0.25, 0.3) is 0 Å². The van der Waals surface area contributed by atoms with Gasteiger partial charge in [-0.3, -0.25) is 9.59 Å². The average molecular weight is 240 g/mol. The Balaban J connectivity index is 2.30. The van der Waals surface area contributed by atoms with Gasteiger partial charge in [0.15, 0.2) is 0 Å². The van der Waals surface area contributed by atoms with E-state index in [0.29, 0.717) is 0 Å². The van der Waals surface area contributed by atoms with Crippen LogP contribution >= 0.6 is 0 Å². The Kier molecular flexibility index (Phi) is 5.45. The van der Waals surface area contributed by atoms with E-state index in [1.165, 1.54) is 6.42 Å². The van der Waals surface area contributed by atoms with Crippen molar-refractivity contribution in [2.24, 2.45) is 5.92 Å². The van der Waals surface area contributed by atoms with Gasteiger partial charge in [-0.15, -0.1) is 0 Å². The van der Waals surface area contributed by atoms with E-state index in [0.717, 1.165) is 31.6 Å². The monoisotopic (exact) mass is 240 g/mol. The summed E-state index contributed by atoms with van der Waals surface area (Å²) >= 11 is 0. The highest BCUT2D eigenvalue weighted by Gasteiger charge is 2.23. The van der Waals surface area contributed by atoms with Gasteiger partial charge in [0, 0.05) is 12.1 Å². The van der Waals surface area contributed by atoms with E-state index in [-0.39, 0.29) is 12.1 Å². The second-order valence-corrected chi connectivity index (χ2v) is 5.23. The van der Waals surface area contributed by atoms with Gasteiger partial charge in [-0.2, -0.15) is 0 Å². The van der Waals surface area contributed by atoms with Crippen molar-refractivity contribution in [3.05, 3.63) is 0 Å². The third-order valence-electron chi connectivity index (χ3n) is 3.39. The average Bonchev–Trinajstić information content (AvgIpc) is 2.29. The molecule has 0 radical (unpaired) electrons. The molecule has 98 valence electrons. The molecule has 1 saturated carbocycles. The minimum absolute atomic E-state index is 0.00378. The smallest absolute Gasteiger partial charge is 0.309 e. The van der Waals surface area contributed by atoms with Crippen LogP contribution < -0.4 is 10.6 Å². The molecule has 0 aromatic rings. The van der Waals surface area contributed by atoms with E-state index in [1.807, 2.05) is 13.8 Å². The first-order valence-corrected chi connectivity index (χ1v) is 6.64. The Morgan fingerprint density at radius 2 is 1.71 bits per heavy atom. The van der Waals surface area contributed by atoms with Gasteiger partial charge >= 0.3 is 11.8 Å². The lowest BCUT2D eigenvalue weighted by molar-refractivity contribution is -0.140. The fourth-order valence-electron chi connectivity index (χ4n) is 2.29. The summed E-state index contributed by atoms with van der Waals surface area (Å²) in [6.45, 7) is 5.90. The van der Waals surface area contributed by atoms with Crippen LogP contribution in [0.5, 0.6) is 0 Å². The van der Waals surface area contributed by atoms with Crippen LogP contribution in [0.4, 0.5) is 0 Å². The van der Waals surface area contributed by atoms with Crippen LogP contribution in [0.2, 0.25) is 0 Å². The number of hydrogen-bond donors (Lipinski definition) is 2. The molecule has 4 nitrogen and oxygen atoms in total. The lowest BCUT2D eigenvalue weighted by Crippen LogP contribution is -2.47. The number of rotatable bonds is 3. The van der Waals surface area contributed by atoms with Crippen LogP contribution in [0.3, 0.4) is 0 Å². The number of carbonyl (C=O) groups excluding carboxylic acids is 2.